The van der Waals surface area contributed by atoms with Gasteiger partial charge in [-0.3, -0.25) is 0 Å². The average Bonchev–Trinajstić information content (AvgIpc) is 3.18. The van der Waals surface area contributed by atoms with Gasteiger partial charge in [-0.15, -0.1) is 11.3 Å². The molecule has 0 N–H and O–H groups in total. The predicted molar refractivity (Wildman–Crippen MR) is 89.2 cm³/mol. The van der Waals surface area contributed by atoms with Gasteiger partial charge in [-0.2, -0.15) is 4.98 Å². The highest BCUT2D eigenvalue weighted by Crippen LogP contribution is 2.21. The molecule has 5 nitrogen and oxygen atoms in total. The minimum absolute atomic E-state index is 0.0623. The largest absolute Gasteiger partial charge is 0.339 e. The highest BCUT2D eigenvalue weighted by Gasteiger charge is 2.15. The van der Waals surface area contributed by atoms with Crippen molar-refractivity contribution in [2.24, 2.45) is 0 Å². The van der Waals surface area contributed by atoms with E-state index in [0.29, 0.717) is 29.5 Å². The molecule has 0 spiro atoms. The van der Waals surface area contributed by atoms with Crippen LogP contribution in [0, 0.1) is 6.92 Å². The molecule has 2 aromatic heterocycles. The third kappa shape index (κ3) is 3.86. The van der Waals surface area contributed by atoms with Crippen LogP contribution < -0.4 is 0 Å². The zero-order valence-electron chi connectivity index (χ0n) is 12.6. The summed E-state index contributed by atoms with van der Waals surface area (Å²) in [5.74, 6) is 1.08. The van der Waals surface area contributed by atoms with Crippen molar-refractivity contribution in [2.75, 3.05) is 5.75 Å². The van der Waals surface area contributed by atoms with Crippen molar-refractivity contribution >= 4 is 21.2 Å². The van der Waals surface area contributed by atoms with E-state index in [1.165, 1.54) is 11.3 Å². The van der Waals surface area contributed by atoms with Crippen LogP contribution in [-0.2, 0) is 16.3 Å². The molecule has 0 bridgehead atoms. The van der Waals surface area contributed by atoms with Gasteiger partial charge in [0.2, 0.25) is 11.7 Å². The number of rotatable bonds is 6. The lowest BCUT2D eigenvalue weighted by molar-refractivity contribution is 0.378. The van der Waals surface area contributed by atoms with Gasteiger partial charge in [0, 0.05) is 6.42 Å². The van der Waals surface area contributed by atoms with E-state index in [0.717, 1.165) is 10.4 Å². The van der Waals surface area contributed by atoms with Gasteiger partial charge in [0.25, 0.3) is 0 Å². The van der Waals surface area contributed by atoms with Gasteiger partial charge in [0.05, 0.1) is 15.5 Å². The summed E-state index contributed by atoms with van der Waals surface area (Å²) < 4.78 is 29.7. The van der Waals surface area contributed by atoms with Crippen LogP contribution >= 0.6 is 11.3 Å². The maximum absolute atomic E-state index is 12.3. The fourth-order valence-corrected chi connectivity index (χ4v) is 4.10. The SMILES string of the molecule is Cc1ccc(S(=O)(=O)CCCc2nc(-c3cccs3)no2)cc1. The Morgan fingerprint density at radius 3 is 2.65 bits per heavy atom. The second kappa shape index (κ2) is 6.64. The Morgan fingerprint density at radius 2 is 1.96 bits per heavy atom. The fraction of sp³-hybridized carbons (Fsp3) is 0.250. The molecule has 0 fully saturated rings. The molecule has 0 saturated carbocycles. The molecule has 3 aromatic rings. The predicted octanol–water partition coefficient (Wildman–Crippen LogP) is 3.51. The highest BCUT2D eigenvalue weighted by atomic mass is 32.2. The van der Waals surface area contributed by atoms with Gasteiger partial charge in [-0.05, 0) is 36.9 Å². The molecule has 0 aliphatic carbocycles. The van der Waals surface area contributed by atoms with E-state index in [9.17, 15) is 8.42 Å². The lowest BCUT2D eigenvalue weighted by Crippen LogP contribution is -2.07. The quantitative estimate of drug-likeness (QED) is 0.681. The summed E-state index contributed by atoms with van der Waals surface area (Å²) in [7, 11) is -3.27. The van der Waals surface area contributed by atoms with Crippen LogP contribution in [0.2, 0.25) is 0 Å². The van der Waals surface area contributed by atoms with Crippen molar-refractivity contribution in [1.29, 1.82) is 0 Å². The number of aryl methyl sites for hydroxylation is 2. The van der Waals surface area contributed by atoms with Crippen molar-refractivity contribution in [2.45, 2.75) is 24.7 Å². The van der Waals surface area contributed by atoms with Gasteiger partial charge in [0.15, 0.2) is 9.84 Å². The molecule has 7 heteroatoms. The zero-order valence-corrected chi connectivity index (χ0v) is 14.2. The Labute approximate surface area is 138 Å². The van der Waals surface area contributed by atoms with Gasteiger partial charge in [-0.25, -0.2) is 8.42 Å². The monoisotopic (exact) mass is 348 g/mol. The molecule has 23 heavy (non-hydrogen) atoms. The molecule has 0 aliphatic rings. The van der Waals surface area contributed by atoms with Gasteiger partial charge in [-0.1, -0.05) is 28.9 Å². The lowest BCUT2D eigenvalue weighted by Gasteiger charge is -2.03. The molecule has 2 heterocycles. The molecule has 1 aromatic carbocycles. The van der Waals surface area contributed by atoms with Crippen molar-refractivity contribution in [3.05, 3.63) is 53.2 Å². The molecule has 0 atom stereocenters. The van der Waals surface area contributed by atoms with Crippen LogP contribution in [0.25, 0.3) is 10.7 Å². The minimum Gasteiger partial charge on any atom is -0.339 e. The van der Waals surface area contributed by atoms with E-state index in [4.69, 9.17) is 4.52 Å². The van der Waals surface area contributed by atoms with E-state index in [2.05, 4.69) is 10.1 Å². The number of sulfone groups is 1. The first-order valence-electron chi connectivity index (χ1n) is 7.20. The van der Waals surface area contributed by atoms with Crippen LogP contribution in [0.4, 0.5) is 0 Å². The third-order valence-electron chi connectivity index (χ3n) is 3.39. The number of aromatic nitrogens is 2. The number of benzene rings is 1. The van der Waals surface area contributed by atoms with Crippen LogP contribution in [0.3, 0.4) is 0 Å². The molecule has 0 aliphatic heterocycles. The Kier molecular flexibility index (Phi) is 4.58. The van der Waals surface area contributed by atoms with E-state index < -0.39 is 9.84 Å². The summed E-state index contributed by atoms with van der Waals surface area (Å²) in [4.78, 5) is 5.59. The summed E-state index contributed by atoms with van der Waals surface area (Å²) in [6, 6.07) is 10.7. The number of thiophene rings is 1. The summed E-state index contributed by atoms with van der Waals surface area (Å²) in [5, 5.41) is 5.86. The first-order valence-corrected chi connectivity index (χ1v) is 9.74. The Morgan fingerprint density at radius 1 is 1.17 bits per heavy atom. The molecule has 3 rings (SSSR count). The second-order valence-corrected chi connectivity index (χ2v) is 8.28. The average molecular weight is 348 g/mol. The molecule has 0 saturated heterocycles. The van der Waals surface area contributed by atoms with Gasteiger partial charge in [0.1, 0.15) is 0 Å². The smallest absolute Gasteiger partial charge is 0.227 e. The molecule has 0 radical (unpaired) electrons. The number of nitrogens with zero attached hydrogens (tertiary/aromatic N) is 2. The summed E-state index contributed by atoms with van der Waals surface area (Å²) in [5.41, 5.74) is 1.04. The number of hydrogen-bond acceptors (Lipinski definition) is 6. The van der Waals surface area contributed by atoms with Crippen LogP contribution in [0.5, 0.6) is 0 Å². The summed E-state index contributed by atoms with van der Waals surface area (Å²) in [6.07, 6.45) is 0.895. The molecular weight excluding hydrogens is 332 g/mol. The zero-order chi connectivity index (χ0) is 16.3. The molecule has 120 valence electrons. The third-order valence-corrected chi connectivity index (χ3v) is 6.08. The fourth-order valence-electron chi connectivity index (χ4n) is 2.14. The maximum atomic E-state index is 12.3. The van der Waals surface area contributed by atoms with E-state index in [1.54, 1.807) is 24.3 Å². The summed E-state index contributed by atoms with van der Waals surface area (Å²) >= 11 is 1.53. The molecular formula is C16H16N2O3S2. The number of hydrogen-bond donors (Lipinski definition) is 0. The standard InChI is InChI=1S/C16H16N2O3S2/c1-12-6-8-13(9-7-12)23(19,20)11-3-5-15-17-16(18-21-15)14-4-2-10-22-14/h2,4,6-10H,3,5,11H2,1H3. The van der Waals surface area contributed by atoms with Gasteiger partial charge >= 0.3 is 0 Å². The minimum atomic E-state index is -3.27. The van der Waals surface area contributed by atoms with Crippen molar-refractivity contribution in [3.8, 4) is 10.7 Å². The molecule has 0 amide bonds. The van der Waals surface area contributed by atoms with E-state index >= 15 is 0 Å². The van der Waals surface area contributed by atoms with Crippen molar-refractivity contribution in [1.82, 2.24) is 10.1 Å². The Bertz CT molecular complexity index is 866. The van der Waals surface area contributed by atoms with Gasteiger partial charge < -0.3 is 4.52 Å². The normalized spacial score (nSPS) is 11.7. The second-order valence-electron chi connectivity index (χ2n) is 5.22. The van der Waals surface area contributed by atoms with Crippen molar-refractivity contribution < 1.29 is 12.9 Å². The lowest BCUT2D eigenvalue weighted by atomic mass is 10.2. The Hall–Kier alpha value is -1.99. The Balaban J connectivity index is 1.60. The maximum Gasteiger partial charge on any atom is 0.227 e. The van der Waals surface area contributed by atoms with Crippen LogP contribution in [-0.4, -0.2) is 24.3 Å². The first kappa shape index (κ1) is 15.9. The van der Waals surface area contributed by atoms with Crippen LogP contribution in [0.15, 0.2) is 51.2 Å². The summed E-state index contributed by atoms with van der Waals surface area (Å²) in [6.45, 7) is 1.93. The van der Waals surface area contributed by atoms with E-state index in [-0.39, 0.29) is 5.75 Å². The highest BCUT2D eigenvalue weighted by molar-refractivity contribution is 7.91. The topological polar surface area (TPSA) is 73.1 Å². The van der Waals surface area contributed by atoms with Crippen molar-refractivity contribution in [3.63, 3.8) is 0 Å². The van der Waals surface area contributed by atoms with Crippen LogP contribution in [0.1, 0.15) is 17.9 Å². The van der Waals surface area contributed by atoms with E-state index in [1.807, 2.05) is 24.4 Å². The molecule has 0 unspecified atom stereocenters. The first-order chi connectivity index (χ1) is 11.0.